The number of nitrogens with one attached hydrogen (secondary N) is 1. The Morgan fingerprint density at radius 1 is 1.35 bits per heavy atom. The van der Waals surface area contributed by atoms with Crippen LogP contribution in [0, 0.1) is 6.92 Å². The first-order valence-electron chi connectivity index (χ1n) is 5.43. The molecule has 0 saturated carbocycles. The van der Waals surface area contributed by atoms with Crippen molar-refractivity contribution < 1.29 is 4.79 Å². The van der Waals surface area contributed by atoms with Gasteiger partial charge < -0.3 is 0 Å². The van der Waals surface area contributed by atoms with Crippen LogP contribution in [0.15, 0.2) is 30.3 Å². The molecule has 0 saturated heterocycles. The minimum atomic E-state index is 0.0902. The molecular formula is C13H14N2OS. The Labute approximate surface area is 106 Å². The van der Waals surface area contributed by atoms with Crippen LogP contribution >= 0.6 is 12.6 Å². The molecule has 1 heterocycles. The maximum atomic E-state index is 11.2. The smallest absolute Gasteiger partial charge is 0.148 e. The van der Waals surface area contributed by atoms with Gasteiger partial charge in [-0.25, -0.2) is 0 Å². The molecule has 0 bridgehead atoms. The Bertz CT molecular complexity index is 516. The number of aromatic amines is 1. The minimum Gasteiger partial charge on any atom is -0.298 e. The van der Waals surface area contributed by atoms with Crippen LogP contribution in [0.5, 0.6) is 0 Å². The molecule has 1 N–H and O–H groups in total. The van der Waals surface area contributed by atoms with Crippen molar-refractivity contribution in [3.05, 3.63) is 41.6 Å². The second kappa shape index (κ2) is 5.19. The molecule has 1 aromatic carbocycles. The summed E-state index contributed by atoms with van der Waals surface area (Å²) in [5.74, 6) is 0.353. The summed E-state index contributed by atoms with van der Waals surface area (Å²) in [7, 11) is 0. The number of carbonyl (C=O) groups is 1. The number of thiol groups is 1. The molecule has 0 fully saturated rings. The number of benzene rings is 1. The Balaban J connectivity index is 2.18. The molecule has 2 rings (SSSR count). The number of carbonyl (C=O) groups excluding carboxylic acids is 1. The maximum absolute atomic E-state index is 11.2. The van der Waals surface area contributed by atoms with Gasteiger partial charge in [0, 0.05) is 23.4 Å². The molecule has 0 unspecified atom stereocenters. The normalized spacial score (nSPS) is 10.5. The second-order valence-electron chi connectivity index (χ2n) is 4.02. The molecule has 0 atom stereocenters. The summed E-state index contributed by atoms with van der Waals surface area (Å²) in [6, 6.07) is 10.0. The van der Waals surface area contributed by atoms with Gasteiger partial charge in [0.25, 0.3) is 0 Å². The predicted molar refractivity (Wildman–Crippen MR) is 71.3 cm³/mol. The van der Waals surface area contributed by atoms with E-state index in [4.69, 9.17) is 0 Å². The number of rotatable bonds is 4. The third-order valence-electron chi connectivity index (χ3n) is 2.54. The van der Waals surface area contributed by atoms with Gasteiger partial charge in [0.1, 0.15) is 5.78 Å². The molecule has 17 heavy (non-hydrogen) atoms. The number of H-pyrrole nitrogens is 1. The summed E-state index contributed by atoms with van der Waals surface area (Å²) in [6.45, 7) is 2.05. The molecule has 0 aliphatic rings. The zero-order valence-electron chi connectivity index (χ0n) is 9.60. The summed E-state index contributed by atoms with van der Waals surface area (Å²) < 4.78 is 0. The predicted octanol–water partition coefficient (Wildman–Crippen LogP) is 2.43. The fourth-order valence-electron chi connectivity index (χ4n) is 1.59. The maximum Gasteiger partial charge on any atom is 0.148 e. The number of nitrogens with zero attached hydrogens (tertiary/aromatic N) is 1. The molecule has 4 heteroatoms. The van der Waals surface area contributed by atoms with Gasteiger partial charge in [0.15, 0.2) is 0 Å². The van der Waals surface area contributed by atoms with Crippen LogP contribution in [0.2, 0.25) is 0 Å². The van der Waals surface area contributed by atoms with Crippen molar-refractivity contribution in [1.29, 1.82) is 0 Å². The van der Waals surface area contributed by atoms with Crippen molar-refractivity contribution in [1.82, 2.24) is 10.2 Å². The van der Waals surface area contributed by atoms with E-state index in [2.05, 4.69) is 22.8 Å². The van der Waals surface area contributed by atoms with Crippen LogP contribution in [0.3, 0.4) is 0 Å². The van der Waals surface area contributed by atoms with Crippen molar-refractivity contribution in [3.8, 4) is 11.3 Å². The first kappa shape index (κ1) is 11.9. The van der Waals surface area contributed by atoms with E-state index in [9.17, 15) is 4.79 Å². The zero-order chi connectivity index (χ0) is 12.3. The molecule has 2 aromatic rings. The lowest BCUT2D eigenvalue weighted by molar-refractivity contribution is -0.116. The van der Waals surface area contributed by atoms with E-state index in [-0.39, 0.29) is 11.5 Å². The summed E-state index contributed by atoms with van der Waals surface area (Å²) >= 11 is 3.95. The third-order valence-corrected chi connectivity index (χ3v) is 2.89. The van der Waals surface area contributed by atoms with Crippen LogP contribution in [-0.2, 0) is 11.2 Å². The number of hydrogen-bond acceptors (Lipinski definition) is 3. The quantitative estimate of drug-likeness (QED) is 0.814. The van der Waals surface area contributed by atoms with Gasteiger partial charge in [-0.15, -0.1) is 0 Å². The molecule has 1 aromatic heterocycles. The lowest BCUT2D eigenvalue weighted by atomic mass is 10.1. The van der Waals surface area contributed by atoms with Gasteiger partial charge >= 0.3 is 0 Å². The van der Waals surface area contributed by atoms with Crippen molar-refractivity contribution in [3.63, 3.8) is 0 Å². The Hall–Kier alpha value is -1.55. The van der Waals surface area contributed by atoms with Gasteiger partial charge in [0.05, 0.1) is 5.69 Å². The van der Waals surface area contributed by atoms with Crippen LogP contribution in [0.4, 0.5) is 0 Å². The molecule has 0 aliphatic carbocycles. The topological polar surface area (TPSA) is 45.8 Å². The Morgan fingerprint density at radius 2 is 2.06 bits per heavy atom. The van der Waals surface area contributed by atoms with Gasteiger partial charge in [-0.3, -0.25) is 9.89 Å². The summed E-state index contributed by atoms with van der Waals surface area (Å²) in [5.41, 5.74) is 3.97. The minimum absolute atomic E-state index is 0.0902. The number of hydrogen-bond donors (Lipinski definition) is 2. The van der Waals surface area contributed by atoms with Crippen LogP contribution < -0.4 is 0 Å². The van der Waals surface area contributed by atoms with E-state index in [0.717, 1.165) is 17.0 Å². The van der Waals surface area contributed by atoms with Gasteiger partial charge in [-0.1, -0.05) is 29.8 Å². The molecule has 0 amide bonds. The Kier molecular flexibility index (Phi) is 3.64. The van der Waals surface area contributed by atoms with E-state index in [0.29, 0.717) is 6.42 Å². The van der Waals surface area contributed by atoms with E-state index in [1.54, 1.807) is 0 Å². The molecular weight excluding hydrogens is 232 g/mol. The fourth-order valence-corrected chi connectivity index (χ4v) is 1.70. The highest BCUT2D eigenvalue weighted by Gasteiger charge is 2.06. The van der Waals surface area contributed by atoms with Crippen LogP contribution in [0.25, 0.3) is 11.3 Å². The first-order valence-corrected chi connectivity index (χ1v) is 6.06. The SMILES string of the molecule is Cc1ccc(-c2cc(CC(=O)CS)[nH]n2)cc1. The van der Waals surface area contributed by atoms with Crippen molar-refractivity contribution in [2.45, 2.75) is 13.3 Å². The lowest BCUT2D eigenvalue weighted by Crippen LogP contribution is -2.03. The fraction of sp³-hybridized carbons (Fsp3) is 0.231. The van der Waals surface area contributed by atoms with Crippen LogP contribution in [0.1, 0.15) is 11.3 Å². The standard InChI is InChI=1S/C13H14N2OS/c1-9-2-4-10(5-3-9)13-7-11(14-15-13)6-12(16)8-17/h2-5,7,17H,6,8H2,1H3,(H,14,15). The number of aryl methyl sites for hydroxylation is 1. The molecule has 0 aliphatic heterocycles. The number of aromatic nitrogens is 2. The number of ketones is 1. The first-order chi connectivity index (χ1) is 8.19. The van der Waals surface area contributed by atoms with Gasteiger partial charge in [-0.05, 0) is 13.0 Å². The van der Waals surface area contributed by atoms with Crippen LogP contribution in [-0.4, -0.2) is 21.7 Å². The van der Waals surface area contributed by atoms with Crippen molar-refractivity contribution >= 4 is 18.4 Å². The summed E-state index contributed by atoms with van der Waals surface area (Å²) in [4.78, 5) is 11.2. The zero-order valence-corrected chi connectivity index (χ0v) is 10.5. The molecule has 0 spiro atoms. The monoisotopic (exact) mass is 246 g/mol. The van der Waals surface area contributed by atoms with E-state index in [1.807, 2.05) is 37.3 Å². The summed E-state index contributed by atoms with van der Waals surface area (Å²) in [6.07, 6.45) is 0.363. The molecule has 0 radical (unpaired) electrons. The highest BCUT2D eigenvalue weighted by atomic mass is 32.1. The van der Waals surface area contributed by atoms with Gasteiger partial charge in [-0.2, -0.15) is 17.7 Å². The molecule has 3 nitrogen and oxygen atoms in total. The molecule has 88 valence electrons. The highest BCUT2D eigenvalue weighted by molar-refractivity contribution is 7.81. The lowest BCUT2D eigenvalue weighted by Gasteiger charge is -1.96. The van der Waals surface area contributed by atoms with E-state index in [1.165, 1.54) is 5.56 Å². The average Bonchev–Trinajstić information content (AvgIpc) is 2.78. The summed E-state index contributed by atoms with van der Waals surface area (Å²) in [5, 5.41) is 7.08. The number of Topliss-reactive ketones (excluding diaryl/α,β-unsaturated/α-hetero) is 1. The van der Waals surface area contributed by atoms with E-state index < -0.39 is 0 Å². The van der Waals surface area contributed by atoms with Crippen molar-refractivity contribution in [2.24, 2.45) is 0 Å². The van der Waals surface area contributed by atoms with Crippen molar-refractivity contribution in [2.75, 3.05) is 5.75 Å². The second-order valence-corrected chi connectivity index (χ2v) is 4.33. The van der Waals surface area contributed by atoms with Gasteiger partial charge in [0.2, 0.25) is 0 Å². The average molecular weight is 246 g/mol. The largest absolute Gasteiger partial charge is 0.298 e. The third kappa shape index (κ3) is 2.97. The Morgan fingerprint density at radius 3 is 2.71 bits per heavy atom. The highest BCUT2D eigenvalue weighted by Crippen LogP contribution is 2.18. The van der Waals surface area contributed by atoms with E-state index >= 15 is 0 Å².